The predicted octanol–water partition coefficient (Wildman–Crippen LogP) is 3.41. The van der Waals surface area contributed by atoms with Crippen LogP contribution in [0.5, 0.6) is 0 Å². The number of esters is 1. The Morgan fingerprint density at radius 1 is 1.45 bits per heavy atom. The van der Waals surface area contributed by atoms with Gasteiger partial charge < -0.3 is 9.30 Å². The van der Waals surface area contributed by atoms with Crippen molar-refractivity contribution in [3.05, 3.63) is 28.5 Å². The summed E-state index contributed by atoms with van der Waals surface area (Å²) in [5.41, 5.74) is 1.48. The van der Waals surface area contributed by atoms with E-state index in [4.69, 9.17) is 9.72 Å². The monoisotopic (exact) mass is 336 g/mol. The highest BCUT2D eigenvalue weighted by atomic mass is 79.9. The first-order valence-electron chi connectivity index (χ1n) is 6.96. The van der Waals surface area contributed by atoms with Crippen LogP contribution in [0.2, 0.25) is 0 Å². The molecule has 1 aliphatic carbocycles. The zero-order valence-electron chi connectivity index (χ0n) is 11.6. The smallest absolute Gasteiger partial charge is 0.319 e. The lowest BCUT2D eigenvalue weighted by atomic mass is 10.1. The number of ether oxygens (including phenoxy) is 1. The van der Waals surface area contributed by atoms with Crippen LogP contribution in [-0.4, -0.2) is 22.1 Å². The highest BCUT2D eigenvalue weighted by Gasteiger charge is 2.56. The summed E-state index contributed by atoms with van der Waals surface area (Å²) in [5, 5.41) is 0. The Labute approximate surface area is 126 Å². The zero-order chi connectivity index (χ0) is 14.3. The molecule has 1 heterocycles. The number of benzene rings is 1. The third kappa shape index (κ3) is 1.95. The van der Waals surface area contributed by atoms with Crippen molar-refractivity contribution >= 4 is 32.9 Å². The molecule has 1 aromatic carbocycles. The van der Waals surface area contributed by atoms with Crippen molar-refractivity contribution in [2.45, 2.75) is 38.6 Å². The molecule has 0 aliphatic heterocycles. The molecular formula is C15H17BrN2O2. The molecule has 0 bridgehead atoms. The molecule has 5 heteroatoms. The van der Waals surface area contributed by atoms with Crippen LogP contribution in [-0.2, 0) is 21.5 Å². The minimum absolute atomic E-state index is 0.135. The minimum Gasteiger partial charge on any atom is -0.465 e. The van der Waals surface area contributed by atoms with Crippen LogP contribution in [0.1, 0.15) is 32.5 Å². The summed E-state index contributed by atoms with van der Waals surface area (Å²) in [5.74, 6) is 0.718. The van der Waals surface area contributed by atoms with Crippen LogP contribution in [0.3, 0.4) is 0 Å². The molecule has 0 saturated heterocycles. The molecular weight excluding hydrogens is 320 g/mol. The molecule has 0 atom stereocenters. The summed E-state index contributed by atoms with van der Waals surface area (Å²) >= 11 is 3.47. The van der Waals surface area contributed by atoms with Crippen LogP contribution in [0.4, 0.5) is 0 Å². The fourth-order valence-electron chi connectivity index (χ4n) is 2.70. The fourth-order valence-corrected chi connectivity index (χ4v) is 3.05. The summed E-state index contributed by atoms with van der Waals surface area (Å²) in [6.45, 7) is 5.13. The van der Waals surface area contributed by atoms with Gasteiger partial charge in [-0.1, -0.05) is 15.9 Å². The highest BCUT2D eigenvalue weighted by Crippen LogP contribution is 2.49. The molecule has 2 aromatic rings. The number of imidazole rings is 1. The average Bonchev–Trinajstić information content (AvgIpc) is 3.15. The Morgan fingerprint density at radius 2 is 2.20 bits per heavy atom. The molecule has 0 unspecified atom stereocenters. The van der Waals surface area contributed by atoms with E-state index in [2.05, 4.69) is 27.4 Å². The van der Waals surface area contributed by atoms with Crippen LogP contribution in [0.25, 0.3) is 11.0 Å². The van der Waals surface area contributed by atoms with Crippen molar-refractivity contribution in [2.24, 2.45) is 0 Å². The van der Waals surface area contributed by atoms with E-state index >= 15 is 0 Å². The maximum absolute atomic E-state index is 12.3. The van der Waals surface area contributed by atoms with Crippen molar-refractivity contribution in [1.29, 1.82) is 0 Å². The summed E-state index contributed by atoms with van der Waals surface area (Å²) in [4.78, 5) is 17.0. The standard InChI is InChI=1S/C15H17BrN2O2/c1-3-18-12-6-5-10(16)9-11(12)17-13(18)15(7-8-15)14(19)20-4-2/h5-6,9H,3-4,7-8H2,1-2H3. The van der Waals surface area contributed by atoms with E-state index in [1.807, 2.05) is 25.1 Å². The number of carbonyl (C=O) groups excluding carboxylic acids is 1. The SMILES string of the molecule is CCOC(=O)C1(c2nc3cc(Br)ccc3n2CC)CC1. The maximum Gasteiger partial charge on any atom is 0.319 e. The first-order valence-corrected chi connectivity index (χ1v) is 7.75. The number of hydrogen-bond acceptors (Lipinski definition) is 3. The lowest BCUT2D eigenvalue weighted by Crippen LogP contribution is -2.27. The van der Waals surface area contributed by atoms with E-state index in [0.29, 0.717) is 6.61 Å². The first kappa shape index (κ1) is 13.6. The Bertz CT molecular complexity index is 674. The number of aromatic nitrogens is 2. The quantitative estimate of drug-likeness (QED) is 0.803. The van der Waals surface area contributed by atoms with Crippen LogP contribution < -0.4 is 0 Å². The number of fused-ring (bicyclic) bond motifs is 1. The van der Waals surface area contributed by atoms with Gasteiger partial charge >= 0.3 is 5.97 Å². The summed E-state index contributed by atoms with van der Waals surface area (Å²) in [7, 11) is 0. The van der Waals surface area contributed by atoms with E-state index in [9.17, 15) is 4.79 Å². The van der Waals surface area contributed by atoms with Crippen molar-refractivity contribution < 1.29 is 9.53 Å². The second-order valence-electron chi connectivity index (χ2n) is 5.12. The highest BCUT2D eigenvalue weighted by molar-refractivity contribution is 9.10. The molecule has 0 spiro atoms. The topological polar surface area (TPSA) is 44.1 Å². The van der Waals surface area contributed by atoms with Crippen LogP contribution in [0.15, 0.2) is 22.7 Å². The lowest BCUT2D eigenvalue weighted by molar-refractivity contribution is -0.146. The largest absolute Gasteiger partial charge is 0.465 e. The van der Waals surface area contributed by atoms with Gasteiger partial charge in [-0.05, 0) is 44.9 Å². The molecule has 1 saturated carbocycles. The van der Waals surface area contributed by atoms with Gasteiger partial charge in [-0.15, -0.1) is 0 Å². The molecule has 20 heavy (non-hydrogen) atoms. The average molecular weight is 337 g/mol. The molecule has 0 amide bonds. The third-order valence-corrected chi connectivity index (χ3v) is 4.36. The van der Waals surface area contributed by atoms with E-state index in [1.54, 1.807) is 0 Å². The van der Waals surface area contributed by atoms with E-state index in [0.717, 1.165) is 40.7 Å². The van der Waals surface area contributed by atoms with Crippen molar-refractivity contribution in [3.8, 4) is 0 Å². The maximum atomic E-state index is 12.3. The number of rotatable bonds is 4. The molecule has 3 rings (SSSR count). The second-order valence-corrected chi connectivity index (χ2v) is 6.03. The van der Waals surface area contributed by atoms with Crippen LogP contribution >= 0.6 is 15.9 Å². The van der Waals surface area contributed by atoms with Crippen molar-refractivity contribution in [1.82, 2.24) is 9.55 Å². The van der Waals surface area contributed by atoms with Gasteiger partial charge in [-0.2, -0.15) is 0 Å². The van der Waals surface area contributed by atoms with Gasteiger partial charge in [0.25, 0.3) is 0 Å². The van der Waals surface area contributed by atoms with Gasteiger partial charge in [-0.3, -0.25) is 4.79 Å². The lowest BCUT2D eigenvalue weighted by Gasteiger charge is -2.15. The minimum atomic E-state index is -0.516. The molecule has 1 aromatic heterocycles. The first-order chi connectivity index (χ1) is 9.62. The van der Waals surface area contributed by atoms with Gasteiger partial charge in [0.05, 0.1) is 17.6 Å². The van der Waals surface area contributed by atoms with Crippen LogP contribution in [0, 0.1) is 0 Å². The third-order valence-electron chi connectivity index (χ3n) is 3.87. The summed E-state index contributed by atoms with van der Waals surface area (Å²) < 4.78 is 8.37. The van der Waals surface area contributed by atoms with E-state index in [-0.39, 0.29) is 5.97 Å². The number of halogens is 1. The Morgan fingerprint density at radius 3 is 2.80 bits per heavy atom. The van der Waals surface area contributed by atoms with Gasteiger partial charge in [0.1, 0.15) is 11.2 Å². The number of aryl methyl sites for hydroxylation is 1. The number of nitrogens with zero attached hydrogens (tertiary/aromatic N) is 2. The van der Waals surface area contributed by atoms with E-state index in [1.165, 1.54) is 0 Å². The number of hydrogen-bond donors (Lipinski definition) is 0. The zero-order valence-corrected chi connectivity index (χ0v) is 13.2. The Balaban J connectivity index is 2.14. The number of carbonyl (C=O) groups is 1. The van der Waals surface area contributed by atoms with Crippen molar-refractivity contribution in [2.75, 3.05) is 6.61 Å². The van der Waals surface area contributed by atoms with E-state index < -0.39 is 5.41 Å². The van der Waals surface area contributed by atoms with Gasteiger partial charge in [0.15, 0.2) is 0 Å². The summed E-state index contributed by atoms with van der Waals surface area (Å²) in [6, 6.07) is 6.04. The molecule has 0 N–H and O–H groups in total. The predicted molar refractivity (Wildman–Crippen MR) is 80.7 cm³/mol. The molecule has 4 nitrogen and oxygen atoms in total. The normalized spacial score (nSPS) is 16.4. The Kier molecular flexibility index (Phi) is 3.32. The second kappa shape index (κ2) is 4.88. The Hall–Kier alpha value is -1.36. The van der Waals surface area contributed by atoms with Crippen molar-refractivity contribution in [3.63, 3.8) is 0 Å². The van der Waals surface area contributed by atoms with Gasteiger partial charge in [0, 0.05) is 11.0 Å². The van der Waals surface area contributed by atoms with Gasteiger partial charge in [0.2, 0.25) is 0 Å². The fraction of sp³-hybridized carbons (Fsp3) is 0.467. The molecule has 106 valence electrons. The summed E-state index contributed by atoms with van der Waals surface area (Å²) in [6.07, 6.45) is 1.66. The molecule has 1 fully saturated rings. The van der Waals surface area contributed by atoms with Gasteiger partial charge in [-0.25, -0.2) is 4.98 Å². The molecule has 0 radical (unpaired) electrons. The molecule has 1 aliphatic rings.